The second-order valence-electron chi connectivity index (χ2n) is 7.02. The van der Waals surface area contributed by atoms with Crippen molar-refractivity contribution in [2.24, 2.45) is 0 Å². The number of carbonyl (C=O) groups is 1. The van der Waals surface area contributed by atoms with Crippen LogP contribution in [0.4, 0.5) is 0 Å². The topological polar surface area (TPSA) is 57.7 Å². The van der Waals surface area contributed by atoms with Crippen molar-refractivity contribution in [1.82, 2.24) is 20.1 Å². The molecule has 1 N–H and O–H groups in total. The SMILES string of the molecule is CN1CCC(Cc2ccccn2)(NC(=O)CN2CCOCC2)CC1. The highest BCUT2D eigenvalue weighted by molar-refractivity contribution is 5.79. The van der Waals surface area contributed by atoms with Crippen LogP contribution in [0.1, 0.15) is 18.5 Å². The number of rotatable bonds is 5. The summed E-state index contributed by atoms with van der Waals surface area (Å²) in [4.78, 5) is 21.6. The third-order valence-electron chi connectivity index (χ3n) is 5.07. The van der Waals surface area contributed by atoms with Crippen molar-refractivity contribution in [2.45, 2.75) is 24.8 Å². The molecule has 6 heteroatoms. The lowest BCUT2D eigenvalue weighted by Crippen LogP contribution is -2.58. The lowest BCUT2D eigenvalue weighted by atomic mass is 9.83. The Kier molecular flexibility index (Phi) is 5.81. The molecule has 0 spiro atoms. The summed E-state index contributed by atoms with van der Waals surface area (Å²) >= 11 is 0. The van der Waals surface area contributed by atoms with Gasteiger partial charge in [0.1, 0.15) is 0 Å². The number of ether oxygens (including phenoxy) is 1. The molecule has 2 saturated heterocycles. The van der Waals surface area contributed by atoms with Crippen molar-refractivity contribution in [1.29, 1.82) is 0 Å². The molecule has 2 fully saturated rings. The van der Waals surface area contributed by atoms with E-state index in [0.717, 1.165) is 64.3 Å². The van der Waals surface area contributed by atoms with Crippen LogP contribution in [0.15, 0.2) is 24.4 Å². The van der Waals surface area contributed by atoms with Crippen LogP contribution in [0.25, 0.3) is 0 Å². The smallest absolute Gasteiger partial charge is 0.234 e. The van der Waals surface area contributed by atoms with Gasteiger partial charge in [-0.15, -0.1) is 0 Å². The summed E-state index contributed by atoms with van der Waals surface area (Å²) in [5.74, 6) is 0.123. The maximum Gasteiger partial charge on any atom is 0.234 e. The van der Waals surface area contributed by atoms with Gasteiger partial charge in [-0.05, 0) is 32.0 Å². The first kappa shape index (κ1) is 17.3. The molecule has 0 unspecified atom stereocenters. The van der Waals surface area contributed by atoms with E-state index in [1.165, 1.54) is 0 Å². The van der Waals surface area contributed by atoms with E-state index in [4.69, 9.17) is 4.74 Å². The highest BCUT2D eigenvalue weighted by atomic mass is 16.5. The predicted molar refractivity (Wildman–Crippen MR) is 92.8 cm³/mol. The molecule has 132 valence electrons. The quantitative estimate of drug-likeness (QED) is 0.853. The fourth-order valence-corrected chi connectivity index (χ4v) is 3.54. The molecule has 24 heavy (non-hydrogen) atoms. The minimum Gasteiger partial charge on any atom is -0.379 e. The number of likely N-dealkylation sites (tertiary alicyclic amines) is 1. The zero-order valence-electron chi connectivity index (χ0n) is 14.5. The summed E-state index contributed by atoms with van der Waals surface area (Å²) in [6.07, 6.45) is 4.56. The Morgan fingerprint density at radius 2 is 2.00 bits per heavy atom. The van der Waals surface area contributed by atoms with E-state index in [2.05, 4.69) is 27.1 Å². The Balaban J connectivity index is 1.64. The molecule has 2 aliphatic rings. The number of nitrogens with zero attached hydrogens (tertiary/aromatic N) is 3. The van der Waals surface area contributed by atoms with E-state index in [-0.39, 0.29) is 11.4 Å². The molecule has 0 saturated carbocycles. The number of nitrogens with one attached hydrogen (secondary N) is 1. The van der Waals surface area contributed by atoms with Crippen molar-refractivity contribution in [3.05, 3.63) is 30.1 Å². The second kappa shape index (κ2) is 8.05. The highest BCUT2D eigenvalue weighted by Gasteiger charge is 2.36. The molecular formula is C18H28N4O2. The molecule has 0 bridgehead atoms. The third kappa shape index (κ3) is 4.75. The summed E-state index contributed by atoms with van der Waals surface area (Å²) in [7, 11) is 2.14. The molecule has 0 atom stereocenters. The Bertz CT molecular complexity index is 523. The first-order valence-electron chi connectivity index (χ1n) is 8.85. The van der Waals surface area contributed by atoms with Gasteiger partial charge in [0, 0.05) is 50.0 Å². The van der Waals surface area contributed by atoms with E-state index in [1.807, 2.05) is 24.4 Å². The number of amides is 1. The lowest BCUT2D eigenvalue weighted by molar-refractivity contribution is -0.125. The van der Waals surface area contributed by atoms with Gasteiger partial charge >= 0.3 is 0 Å². The van der Waals surface area contributed by atoms with Crippen LogP contribution >= 0.6 is 0 Å². The molecule has 0 radical (unpaired) electrons. The molecule has 0 aliphatic carbocycles. The zero-order chi connectivity index (χ0) is 16.8. The van der Waals surface area contributed by atoms with Crippen molar-refractivity contribution in [2.75, 3.05) is 53.0 Å². The summed E-state index contributed by atoms with van der Waals surface area (Å²) < 4.78 is 5.35. The van der Waals surface area contributed by atoms with Gasteiger partial charge in [-0.25, -0.2) is 0 Å². The van der Waals surface area contributed by atoms with E-state index in [9.17, 15) is 4.79 Å². The second-order valence-corrected chi connectivity index (χ2v) is 7.02. The number of aromatic nitrogens is 1. The summed E-state index contributed by atoms with van der Waals surface area (Å²) in [6.45, 7) is 5.58. The molecule has 6 nitrogen and oxygen atoms in total. The standard InChI is InChI=1S/C18H28N4O2/c1-21-8-5-18(6-9-21,14-16-4-2-3-7-19-16)20-17(23)15-22-10-12-24-13-11-22/h2-4,7H,5-6,8-15H2,1H3,(H,20,23). The van der Waals surface area contributed by atoms with Gasteiger partial charge in [0.2, 0.25) is 5.91 Å². The van der Waals surface area contributed by atoms with E-state index in [1.54, 1.807) is 0 Å². The maximum atomic E-state index is 12.6. The Hall–Kier alpha value is -1.50. The molecular weight excluding hydrogens is 304 g/mol. The fourth-order valence-electron chi connectivity index (χ4n) is 3.54. The van der Waals surface area contributed by atoms with Crippen LogP contribution in [-0.2, 0) is 16.0 Å². The molecule has 1 aromatic rings. The van der Waals surface area contributed by atoms with Gasteiger partial charge in [0.05, 0.1) is 19.8 Å². The number of morpholine rings is 1. The lowest BCUT2D eigenvalue weighted by Gasteiger charge is -2.41. The average Bonchev–Trinajstić information content (AvgIpc) is 2.59. The largest absolute Gasteiger partial charge is 0.379 e. The summed E-state index contributed by atoms with van der Waals surface area (Å²) in [5, 5.41) is 3.36. The third-order valence-corrected chi connectivity index (χ3v) is 5.07. The Morgan fingerprint density at radius 3 is 2.67 bits per heavy atom. The summed E-state index contributed by atoms with van der Waals surface area (Å²) in [5.41, 5.74) is 0.873. The van der Waals surface area contributed by atoms with Crippen LogP contribution in [0, 0.1) is 0 Å². The molecule has 1 amide bonds. The van der Waals surface area contributed by atoms with E-state index < -0.39 is 0 Å². The number of piperidine rings is 1. The average molecular weight is 332 g/mol. The number of hydrogen-bond donors (Lipinski definition) is 1. The van der Waals surface area contributed by atoms with Gasteiger partial charge < -0.3 is 15.0 Å². The van der Waals surface area contributed by atoms with Crippen LogP contribution in [-0.4, -0.2) is 79.2 Å². The van der Waals surface area contributed by atoms with Crippen LogP contribution in [0.3, 0.4) is 0 Å². The Morgan fingerprint density at radius 1 is 1.25 bits per heavy atom. The van der Waals surface area contributed by atoms with E-state index >= 15 is 0 Å². The molecule has 0 aromatic carbocycles. The predicted octanol–water partition coefficient (Wildman–Crippen LogP) is 0.537. The van der Waals surface area contributed by atoms with Crippen molar-refractivity contribution in [3.8, 4) is 0 Å². The monoisotopic (exact) mass is 332 g/mol. The first-order valence-corrected chi connectivity index (χ1v) is 8.85. The maximum absolute atomic E-state index is 12.6. The van der Waals surface area contributed by atoms with Gasteiger partial charge in [0.25, 0.3) is 0 Å². The minimum atomic E-state index is -0.176. The minimum absolute atomic E-state index is 0.123. The van der Waals surface area contributed by atoms with Gasteiger partial charge in [0.15, 0.2) is 0 Å². The van der Waals surface area contributed by atoms with Crippen LogP contribution in [0.2, 0.25) is 0 Å². The van der Waals surface area contributed by atoms with Crippen molar-refractivity contribution in [3.63, 3.8) is 0 Å². The fraction of sp³-hybridized carbons (Fsp3) is 0.667. The molecule has 1 aromatic heterocycles. The Labute approximate surface area is 144 Å². The van der Waals surface area contributed by atoms with Crippen LogP contribution < -0.4 is 5.32 Å². The normalized spacial score (nSPS) is 22.2. The van der Waals surface area contributed by atoms with Crippen molar-refractivity contribution < 1.29 is 9.53 Å². The molecule has 3 rings (SSSR count). The van der Waals surface area contributed by atoms with Gasteiger partial charge in [-0.3, -0.25) is 14.7 Å². The highest BCUT2D eigenvalue weighted by Crippen LogP contribution is 2.25. The van der Waals surface area contributed by atoms with Crippen molar-refractivity contribution >= 4 is 5.91 Å². The molecule has 2 aliphatic heterocycles. The number of carbonyl (C=O) groups excluding carboxylic acids is 1. The zero-order valence-corrected chi connectivity index (χ0v) is 14.5. The number of pyridine rings is 1. The van der Waals surface area contributed by atoms with Gasteiger partial charge in [-0.2, -0.15) is 0 Å². The van der Waals surface area contributed by atoms with Crippen LogP contribution in [0.5, 0.6) is 0 Å². The van der Waals surface area contributed by atoms with E-state index in [0.29, 0.717) is 6.54 Å². The number of hydrogen-bond acceptors (Lipinski definition) is 5. The van der Waals surface area contributed by atoms with Gasteiger partial charge in [-0.1, -0.05) is 6.07 Å². The molecule has 3 heterocycles. The summed E-state index contributed by atoms with van der Waals surface area (Å²) in [6, 6.07) is 6.00. The first-order chi connectivity index (χ1) is 11.7.